The molecule has 0 fully saturated rings. The molecule has 2 N–H and O–H groups in total. The molecule has 0 saturated carbocycles. The summed E-state index contributed by atoms with van der Waals surface area (Å²) in [4.78, 5) is 2.72. The largest absolute Gasteiger partial charge is 0.280 e. The van der Waals surface area contributed by atoms with Crippen LogP contribution in [-0.4, -0.2) is 13.4 Å². The van der Waals surface area contributed by atoms with Crippen LogP contribution in [0.2, 0.25) is 0 Å². The molecule has 86 valence electrons. The Morgan fingerprint density at radius 3 is 2.50 bits per heavy atom. The highest BCUT2D eigenvalue weighted by Crippen LogP contribution is 2.25. The average molecular weight is 359 g/mol. The van der Waals surface area contributed by atoms with Crippen molar-refractivity contribution >= 4 is 32.6 Å². The first-order valence-corrected chi connectivity index (χ1v) is 6.31. The van der Waals surface area contributed by atoms with Gasteiger partial charge in [0, 0.05) is 3.57 Å². The van der Waals surface area contributed by atoms with Crippen LogP contribution in [0.3, 0.4) is 0 Å². The lowest BCUT2D eigenvalue weighted by Crippen LogP contribution is -2.17. The normalized spacial score (nSPS) is 11.5. The maximum Gasteiger partial charge on any atom is 0.280 e. The van der Waals surface area contributed by atoms with Crippen molar-refractivity contribution in [2.75, 3.05) is 0 Å². The molecule has 5 nitrogen and oxygen atoms in total. The molecular formula is C7H4F2IN3O2S. The van der Waals surface area contributed by atoms with E-state index in [2.05, 4.69) is 4.98 Å². The lowest BCUT2D eigenvalue weighted by atomic mass is 10.3. The summed E-state index contributed by atoms with van der Waals surface area (Å²) in [7, 11) is -4.16. The van der Waals surface area contributed by atoms with Gasteiger partial charge < -0.3 is 0 Å². The molecule has 0 bridgehead atoms. The van der Waals surface area contributed by atoms with Gasteiger partial charge in [0.05, 0.1) is 0 Å². The topological polar surface area (TPSA) is 96.8 Å². The van der Waals surface area contributed by atoms with Crippen molar-refractivity contribution in [3.05, 3.63) is 21.0 Å². The number of nitrogens with two attached hydrogens (primary N) is 1. The molecule has 0 aliphatic carbocycles. The van der Waals surface area contributed by atoms with E-state index in [1.54, 1.807) is 0 Å². The molecule has 9 heteroatoms. The van der Waals surface area contributed by atoms with Crippen LogP contribution in [0.5, 0.6) is 0 Å². The van der Waals surface area contributed by atoms with E-state index < -0.39 is 32.7 Å². The Kier molecular flexibility index (Phi) is 3.76. The second-order valence-electron chi connectivity index (χ2n) is 2.66. The van der Waals surface area contributed by atoms with Gasteiger partial charge in [0.25, 0.3) is 6.43 Å². The number of alkyl halides is 2. The smallest absolute Gasteiger partial charge is 0.235 e. The van der Waals surface area contributed by atoms with Crippen molar-refractivity contribution in [2.24, 2.45) is 5.14 Å². The molecule has 0 atom stereocenters. The Labute approximate surface area is 103 Å². The highest BCUT2D eigenvalue weighted by Gasteiger charge is 2.23. The molecule has 0 aliphatic rings. The molecule has 1 aromatic heterocycles. The van der Waals surface area contributed by atoms with Crippen LogP contribution in [0.4, 0.5) is 8.78 Å². The lowest BCUT2D eigenvalue weighted by molar-refractivity contribution is 0.145. The van der Waals surface area contributed by atoms with E-state index in [9.17, 15) is 17.2 Å². The van der Waals surface area contributed by atoms with Gasteiger partial charge in [0.15, 0.2) is 5.69 Å². The average Bonchev–Trinajstić information content (AvgIpc) is 2.14. The number of hydrogen-bond acceptors (Lipinski definition) is 4. The number of sulfonamides is 1. The van der Waals surface area contributed by atoms with Gasteiger partial charge in [-0.05, 0) is 28.7 Å². The van der Waals surface area contributed by atoms with E-state index >= 15 is 0 Å². The predicted octanol–water partition coefficient (Wildman–Crippen LogP) is 1.14. The van der Waals surface area contributed by atoms with Crippen molar-refractivity contribution in [1.82, 2.24) is 4.98 Å². The summed E-state index contributed by atoms with van der Waals surface area (Å²) in [6.45, 7) is 0. The van der Waals surface area contributed by atoms with E-state index in [0.29, 0.717) is 0 Å². The van der Waals surface area contributed by atoms with E-state index in [1.807, 2.05) is 0 Å². The Bertz CT molecular complexity index is 568. The quantitative estimate of drug-likeness (QED) is 0.801. The fraction of sp³-hybridized carbons (Fsp3) is 0.143. The van der Waals surface area contributed by atoms with Crippen molar-refractivity contribution < 1.29 is 17.2 Å². The number of pyridine rings is 1. The standard InChI is InChI=1S/C7H4F2IN3O2S/c8-7(9)4-1-3(10)6(16(12,14)15)5(2-11)13-4/h1,7H,(H2,12,14,15). The zero-order valence-corrected chi connectivity index (χ0v) is 10.5. The monoisotopic (exact) mass is 359 g/mol. The minimum absolute atomic E-state index is 0.0537. The SMILES string of the molecule is N#Cc1nc(C(F)F)cc(I)c1S(N)(=O)=O. The summed E-state index contributed by atoms with van der Waals surface area (Å²) >= 11 is 1.51. The van der Waals surface area contributed by atoms with Gasteiger partial charge in [-0.25, -0.2) is 27.3 Å². The minimum Gasteiger partial charge on any atom is -0.235 e. The van der Waals surface area contributed by atoms with Crippen LogP contribution < -0.4 is 5.14 Å². The Morgan fingerprint density at radius 1 is 1.56 bits per heavy atom. The van der Waals surface area contributed by atoms with Crippen molar-refractivity contribution in [3.63, 3.8) is 0 Å². The Hall–Kier alpha value is -0.860. The summed E-state index contributed by atoms with van der Waals surface area (Å²) in [5.74, 6) is 0. The van der Waals surface area contributed by atoms with Gasteiger partial charge in [-0.15, -0.1) is 0 Å². The zero-order valence-electron chi connectivity index (χ0n) is 7.49. The summed E-state index contributed by atoms with van der Waals surface area (Å²) in [5.41, 5.74) is -1.28. The van der Waals surface area contributed by atoms with Gasteiger partial charge in [0.2, 0.25) is 10.0 Å². The van der Waals surface area contributed by atoms with Crippen molar-refractivity contribution in [1.29, 1.82) is 5.26 Å². The highest BCUT2D eigenvalue weighted by molar-refractivity contribution is 14.1. The molecular weight excluding hydrogens is 355 g/mol. The number of hydrogen-bond donors (Lipinski definition) is 1. The molecule has 0 amide bonds. The van der Waals surface area contributed by atoms with Crippen LogP contribution in [0, 0.1) is 14.9 Å². The third-order valence-electron chi connectivity index (χ3n) is 1.56. The maximum atomic E-state index is 12.3. The fourth-order valence-corrected chi connectivity index (χ4v) is 3.17. The van der Waals surface area contributed by atoms with E-state index in [-0.39, 0.29) is 3.57 Å². The number of aromatic nitrogens is 1. The third-order valence-corrected chi connectivity index (χ3v) is 3.76. The third kappa shape index (κ3) is 2.63. The van der Waals surface area contributed by atoms with Crippen LogP contribution in [0.15, 0.2) is 11.0 Å². The minimum atomic E-state index is -4.16. The number of nitrogens with zero attached hydrogens (tertiary/aromatic N) is 2. The van der Waals surface area contributed by atoms with Crippen LogP contribution in [0.1, 0.15) is 17.8 Å². The van der Waals surface area contributed by atoms with Gasteiger partial charge >= 0.3 is 0 Å². The summed E-state index contributed by atoms with van der Waals surface area (Å²) in [5, 5.41) is 13.5. The molecule has 0 saturated heterocycles. The molecule has 1 heterocycles. The summed E-state index contributed by atoms with van der Waals surface area (Å²) in [6.07, 6.45) is -2.88. The number of primary sulfonamides is 1. The first-order chi connectivity index (χ1) is 7.27. The Balaban J connectivity index is 3.62. The van der Waals surface area contributed by atoms with Crippen LogP contribution in [-0.2, 0) is 10.0 Å². The second-order valence-corrected chi connectivity index (χ2v) is 5.32. The van der Waals surface area contributed by atoms with E-state index in [0.717, 1.165) is 6.07 Å². The molecule has 1 rings (SSSR count). The molecule has 0 unspecified atom stereocenters. The van der Waals surface area contributed by atoms with E-state index in [1.165, 1.54) is 28.7 Å². The van der Waals surface area contributed by atoms with Gasteiger partial charge in [-0.2, -0.15) is 5.26 Å². The molecule has 16 heavy (non-hydrogen) atoms. The lowest BCUT2D eigenvalue weighted by Gasteiger charge is -2.06. The zero-order chi connectivity index (χ0) is 12.5. The van der Waals surface area contributed by atoms with E-state index in [4.69, 9.17) is 10.4 Å². The molecule has 0 aromatic carbocycles. The molecule has 1 aromatic rings. The Morgan fingerprint density at radius 2 is 2.12 bits per heavy atom. The molecule has 0 radical (unpaired) electrons. The molecule has 0 spiro atoms. The van der Waals surface area contributed by atoms with Crippen LogP contribution >= 0.6 is 22.6 Å². The first-order valence-electron chi connectivity index (χ1n) is 3.69. The van der Waals surface area contributed by atoms with Gasteiger partial charge in [-0.1, -0.05) is 0 Å². The number of rotatable bonds is 2. The number of halogens is 3. The molecule has 0 aliphatic heterocycles. The highest BCUT2D eigenvalue weighted by atomic mass is 127. The predicted molar refractivity (Wildman–Crippen MR) is 58.0 cm³/mol. The second kappa shape index (κ2) is 4.56. The van der Waals surface area contributed by atoms with Gasteiger partial charge in [0.1, 0.15) is 16.7 Å². The number of nitriles is 1. The van der Waals surface area contributed by atoms with Crippen LogP contribution in [0.25, 0.3) is 0 Å². The summed E-state index contributed by atoms with van der Waals surface area (Å²) < 4.78 is 46.8. The van der Waals surface area contributed by atoms with Gasteiger partial charge in [-0.3, -0.25) is 0 Å². The van der Waals surface area contributed by atoms with Crippen molar-refractivity contribution in [2.45, 2.75) is 11.3 Å². The first kappa shape index (κ1) is 13.2. The summed E-state index contributed by atoms with van der Waals surface area (Å²) in [6, 6.07) is 2.31. The van der Waals surface area contributed by atoms with Crippen molar-refractivity contribution in [3.8, 4) is 6.07 Å². The fourth-order valence-electron chi connectivity index (χ4n) is 0.979. The maximum absolute atomic E-state index is 12.3.